The number of hydroxylamine groups is 1. The Labute approximate surface area is 107 Å². The lowest BCUT2D eigenvalue weighted by Crippen LogP contribution is -2.10. The zero-order valence-corrected chi connectivity index (χ0v) is 10.8. The molecule has 0 unspecified atom stereocenters. The number of ether oxygens (including phenoxy) is 1. The van der Waals surface area contributed by atoms with E-state index in [9.17, 15) is 4.79 Å². The maximum Gasteiger partial charge on any atom is 0.338 e. The third-order valence-electron chi connectivity index (χ3n) is 2.23. The molecule has 0 aliphatic heterocycles. The van der Waals surface area contributed by atoms with Gasteiger partial charge < -0.3 is 9.94 Å². The van der Waals surface area contributed by atoms with Crippen molar-refractivity contribution in [2.24, 2.45) is 0 Å². The SMILES string of the molecule is CCCOC(=O)c1ccc(CNO)cc1C.Cl. The summed E-state index contributed by atoms with van der Waals surface area (Å²) in [6.07, 6.45) is 0.817. The second-order valence-corrected chi connectivity index (χ2v) is 3.62. The van der Waals surface area contributed by atoms with E-state index in [1.165, 1.54) is 0 Å². The second kappa shape index (κ2) is 8.06. The average molecular weight is 260 g/mol. The Morgan fingerprint density at radius 2 is 2.18 bits per heavy atom. The molecule has 0 fully saturated rings. The fourth-order valence-corrected chi connectivity index (χ4v) is 1.43. The summed E-state index contributed by atoms with van der Waals surface area (Å²) in [4.78, 5) is 11.6. The second-order valence-electron chi connectivity index (χ2n) is 3.62. The Kier molecular flexibility index (Phi) is 7.54. The van der Waals surface area contributed by atoms with Gasteiger partial charge in [-0.1, -0.05) is 19.1 Å². The van der Waals surface area contributed by atoms with Crippen LogP contribution in [-0.2, 0) is 11.3 Å². The van der Waals surface area contributed by atoms with E-state index >= 15 is 0 Å². The number of benzene rings is 1. The molecule has 0 bridgehead atoms. The Morgan fingerprint density at radius 1 is 1.47 bits per heavy atom. The Morgan fingerprint density at radius 3 is 2.71 bits per heavy atom. The van der Waals surface area contributed by atoms with Crippen LogP contribution in [0.2, 0.25) is 0 Å². The lowest BCUT2D eigenvalue weighted by molar-refractivity contribution is 0.0504. The van der Waals surface area contributed by atoms with Crippen molar-refractivity contribution in [3.8, 4) is 0 Å². The fourth-order valence-electron chi connectivity index (χ4n) is 1.43. The summed E-state index contributed by atoms with van der Waals surface area (Å²) in [7, 11) is 0. The van der Waals surface area contributed by atoms with Crippen LogP contribution in [0.25, 0.3) is 0 Å². The molecule has 0 heterocycles. The minimum Gasteiger partial charge on any atom is -0.462 e. The van der Waals surface area contributed by atoms with Crippen molar-refractivity contribution in [2.45, 2.75) is 26.8 Å². The molecule has 0 radical (unpaired) electrons. The minimum atomic E-state index is -0.289. The van der Waals surface area contributed by atoms with E-state index < -0.39 is 0 Å². The van der Waals surface area contributed by atoms with E-state index in [0.29, 0.717) is 18.7 Å². The molecule has 5 heteroatoms. The molecule has 0 saturated carbocycles. The van der Waals surface area contributed by atoms with Gasteiger partial charge in [-0.25, -0.2) is 10.3 Å². The first-order chi connectivity index (χ1) is 7.69. The van der Waals surface area contributed by atoms with Crippen molar-refractivity contribution in [1.29, 1.82) is 0 Å². The van der Waals surface area contributed by atoms with Crippen LogP contribution < -0.4 is 5.48 Å². The van der Waals surface area contributed by atoms with Gasteiger partial charge in [0.05, 0.1) is 12.2 Å². The number of halogens is 1. The van der Waals surface area contributed by atoms with Crippen molar-refractivity contribution in [1.82, 2.24) is 5.48 Å². The van der Waals surface area contributed by atoms with Gasteiger partial charge in [0.2, 0.25) is 0 Å². The summed E-state index contributed by atoms with van der Waals surface area (Å²) in [5.41, 5.74) is 4.44. The van der Waals surface area contributed by atoms with Gasteiger partial charge in [-0.3, -0.25) is 0 Å². The molecule has 96 valence electrons. The number of hydrogen-bond donors (Lipinski definition) is 2. The quantitative estimate of drug-likeness (QED) is 0.630. The van der Waals surface area contributed by atoms with Gasteiger partial charge in [0, 0.05) is 6.54 Å². The van der Waals surface area contributed by atoms with Gasteiger partial charge in [0.25, 0.3) is 0 Å². The maximum absolute atomic E-state index is 11.6. The predicted molar refractivity (Wildman–Crippen MR) is 67.6 cm³/mol. The third kappa shape index (κ3) is 4.73. The highest BCUT2D eigenvalue weighted by Crippen LogP contribution is 2.12. The van der Waals surface area contributed by atoms with E-state index in [2.05, 4.69) is 5.48 Å². The number of carbonyl (C=O) groups excluding carboxylic acids is 1. The van der Waals surface area contributed by atoms with Gasteiger partial charge in [-0.15, -0.1) is 12.4 Å². The lowest BCUT2D eigenvalue weighted by Gasteiger charge is -2.08. The predicted octanol–water partition coefficient (Wildman–Crippen LogP) is 2.46. The van der Waals surface area contributed by atoms with E-state index in [1.54, 1.807) is 12.1 Å². The summed E-state index contributed by atoms with van der Waals surface area (Å²) < 4.78 is 5.05. The van der Waals surface area contributed by atoms with Crippen LogP contribution in [0.5, 0.6) is 0 Å². The molecule has 17 heavy (non-hydrogen) atoms. The molecule has 2 N–H and O–H groups in total. The van der Waals surface area contributed by atoms with Crippen LogP contribution in [0.15, 0.2) is 18.2 Å². The molecule has 0 aliphatic rings. The van der Waals surface area contributed by atoms with Gasteiger partial charge in [-0.05, 0) is 30.5 Å². The molecular weight excluding hydrogens is 242 g/mol. The van der Waals surface area contributed by atoms with Gasteiger partial charge in [-0.2, -0.15) is 0 Å². The monoisotopic (exact) mass is 259 g/mol. The van der Waals surface area contributed by atoms with Crippen molar-refractivity contribution in [3.63, 3.8) is 0 Å². The molecule has 0 saturated heterocycles. The lowest BCUT2D eigenvalue weighted by atomic mass is 10.1. The van der Waals surface area contributed by atoms with E-state index in [-0.39, 0.29) is 18.4 Å². The first-order valence-electron chi connectivity index (χ1n) is 5.32. The highest BCUT2D eigenvalue weighted by atomic mass is 35.5. The topological polar surface area (TPSA) is 58.6 Å². The van der Waals surface area contributed by atoms with Crippen LogP contribution in [0, 0.1) is 6.92 Å². The Balaban J connectivity index is 0.00000256. The molecular formula is C12H18ClNO3. The number of aryl methyl sites for hydroxylation is 1. The molecule has 1 rings (SSSR count). The van der Waals surface area contributed by atoms with Crippen molar-refractivity contribution in [3.05, 3.63) is 34.9 Å². The van der Waals surface area contributed by atoms with Crippen molar-refractivity contribution in [2.75, 3.05) is 6.61 Å². The highest BCUT2D eigenvalue weighted by Gasteiger charge is 2.10. The van der Waals surface area contributed by atoms with E-state index in [0.717, 1.165) is 17.5 Å². The fraction of sp³-hybridized carbons (Fsp3) is 0.417. The summed E-state index contributed by atoms with van der Waals surface area (Å²) in [5, 5.41) is 8.56. The molecule has 0 atom stereocenters. The third-order valence-corrected chi connectivity index (χ3v) is 2.23. The van der Waals surface area contributed by atoms with Crippen molar-refractivity contribution < 1.29 is 14.7 Å². The first-order valence-corrected chi connectivity index (χ1v) is 5.32. The zero-order valence-electron chi connectivity index (χ0n) is 10.0. The Bertz CT molecular complexity index is 369. The Hall–Kier alpha value is -1.10. The summed E-state index contributed by atoms with van der Waals surface area (Å²) in [6, 6.07) is 5.37. The molecule has 0 amide bonds. The number of esters is 1. The minimum absolute atomic E-state index is 0. The largest absolute Gasteiger partial charge is 0.462 e. The molecule has 0 aromatic heterocycles. The number of carbonyl (C=O) groups is 1. The first kappa shape index (κ1) is 15.9. The molecule has 1 aromatic rings. The van der Waals surface area contributed by atoms with E-state index in [1.807, 2.05) is 19.9 Å². The highest BCUT2D eigenvalue weighted by molar-refractivity contribution is 5.91. The van der Waals surface area contributed by atoms with Crippen LogP contribution in [0.3, 0.4) is 0 Å². The molecule has 4 nitrogen and oxygen atoms in total. The van der Waals surface area contributed by atoms with Crippen molar-refractivity contribution >= 4 is 18.4 Å². The van der Waals surface area contributed by atoms with Crippen LogP contribution in [0.1, 0.15) is 34.8 Å². The standard InChI is InChI=1S/C12H17NO3.ClH/c1-3-6-16-12(14)11-5-4-10(8-13-15)7-9(11)2;/h4-5,7,13,15H,3,6,8H2,1-2H3;1H. The van der Waals surface area contributed by atoms with Crippen LogP contribution >= 0.6 is 12.4 Å². The van der Waals surface area contributed by atoms with E-state index in [4.69, 9.17) is 9.94 Å². The summed E-state index contributed by atoms with van der Waals surface area (Å²) >= 11 is 0. The smallest absolute Gasteiger partial charge is 0.338 e. The number of rotatable bonds is 5. The summed E-state index contributed by atoms with van der Waals surface area (Å²) in [5.74, 6) is -0.289. The van der Waals surface area contributed by atoms with Crippen LogP contribution in [-0.4, -0.2) is 17.8 Å². The maximum atomic E-state index is 11.6. The zero-order chi connectivity index (χ0) is 12.0. The van der Waals surface area contributed by atoms with Crippen LogP contribution in [0.4, 0.5) is 0 Å². The van der Waals surface area contributed by atoms with Gasteiger partial charge in [0.15, 0.2) is 0 Å². The molecule has 0 spiro atoms. The normalized spacial score (nSPS) is 9.59. The number of nitrogens with one attached hydrogen (secondary N) is 1. The van der Waals surface area contributed by atoms with Gasteiger partial charge >= 0.3 is 5.97 Å². The molecule has 1 aromatic carbocycles. The molecule has 0 aliphatic carbocycles. The summed E-state index contributed by atoms with van der Waals surface area (Å²) in [6.45, 7) is 4.61. The average Bonchev–Trinajstić information content (AvgIpc) is 2.26. The number of hydrogen-bond acceptors (Lipinski definition) is 4. The van der Waals surface area contributed by atoms with Gasteiger partial charge in [0.1, 0.15) is 0 Å².